The molecule has 1 nitrogen and oxygen atoms in total. The zero-order valence-electron chi connectivity index (χ0n) is 5.79. The van der Waals surface area contributed by atoms with Crippen molar-refractivity contribution in [3.63, 3.8) is 0 Å². The third kappa shape index (κ3) is 1.60. The maximum atomic E-state index is 4.15. The summed E-state index contributed by atoms with van der Waals surface area (Å²) in [6.45, 7) is 0. The van der Waals surface area contributed by atoms with E-state index in [4.69, 9.17) is 0 Å². The molecule has 0 aromatic heterocycles. The summed E-state index contributed by atoms with van der Waals surface area (Å²) < 4.78 is 0. The van der Waals surface area contributed by atoms with E-state index in [-0.39, 0.29) is 21.5 Å². The summed E-state index contributed by atoms with van der Waals surface area (Å²) in [5.74, 6) is 2.99. The second-order valence-corrected chi connectivity index (χ2v) is 3.06. The number of para-hydroxylation sites is 1. The minimum absolute atomic E-state index is 0. The summed E-state index contributed by atoms with van der Waals surface area (Å²) in [7, 11) is 0.193. The fraction of sp³-hybridized carbons (Fsp3) is 0. The summed E-state index contributed by atoms with van der Waals surface area (Å²) in [5, 5.41) is 2.32. The second kappa shape index (κ2) is 3.53. The Kier molecular flexibility index (Phi) is 2.66. The highest BCUT2D eigenvalue weighted by molar-refractivity contribution is 6.60. The Labute approximate surface area is 73.3 Å². The SMILES string of the molecule is [C+]1=[SiH]C=c2ccccc2=N1.[Cl-]. The van der Waals surface area contributed by atoms with Crippen molar-refractivity contribution in [3.05, 3.63) is 34.8 Å². The molecule has 2 rings (SSSR count). The summed E-state index contributed by atoms with van der Waals surface area (Å²) in [6, 6.07) is 8.14. The number of nitrogens with zero attached hydrogens (tertiary/aromatic N) is 1. The highest BCUT2D eigenvalue weighted by atomic mass is 35.5. The zero-order chi connectivity index (χ0) is 6.81. The van der Waals surface area contributed by atoms with E-state index in [9.17, 15) is 0 Å². The molecule has 0 bridgehead atoms. The Hall–Kier alpha value is -0.823. The van der Waals surface area contributed by atoms with Gasteiger partial charge in [0, 0.05) is 11.8 Å². The Morgan fingerprint density at radius 1 is 1.27 bits per heavy atom. The number of hydrogen-bond acceptors (Lipinski definition) is 1. The maximum Gasteiger partial charge on any atom is 0.272 e. The third-order valence-corrected chi connectivity index (χ3v) is 2.26. The van der Waals surface area contributed by atoms with Gasteiger partial charge in [0.15, 0.2) is 5.36 Å². The number of benzene rings is 1. The number of fused-ring (bicyclic) bond motifs is 1. The fourth-order valence-electron chi connectivity index (χ4n) is 0.964. The van der Waals surface area contributed by atoms with Crippen LogP contribution in [0.3, 0.4) is 0 Å². The first-order chi connectivity index (χ1) is 4.97. The van der Waals surface area contributed by atoms with Crippen LogP contribution < -0.4 is 23.0 Å². The topological polar surface area (TPSA) is 12.4 Å². The van der Waals surface area contributed by atoms with Crippen LogP contribution in [0, 0.1) is 0 Å². The number of rotatable bonds is 0. The Bertz CT molecular complexity index is 346. The van der Waals surface area contributed by atoms with Crippen LogP contribution in [0.1, 0.15) is 0 Å². The lowest BCUT2D eigenvalue weighted by molar-refractivity contribution is -0.00000189. The first kappa shape index (κ1) is 8.28. The van der Waals surface area contributed by atoms with Crippen molar-refractivity contribution >= 4 is 20.6 Å². The summed E-state index contributed by atoms with van der Waals surface area (Å²) in [5.41, 5.74) is 2.21. The molecule has 1 aromatic rings. The van der Waals surface area contributed by atoms with Gasteiger partial charge < -0.3 is 12.4 Å². The van der Waals surface area contributed by atoms with Crippen molar-refractivity contribution in [2.24, 2.45) is 4.99 Å². The van der Waals surface area contributed by atoms with E-state index >= 15 is 0 Å². The number of halogens is 1. The predicted molar refractivity (Wildman–Crippen MR) is 43.8 cm³/mol. The van der Waals surface area contributed by atoms with Crippen molar-refractivity contribution in [1.82, 2.24) is 0 Å². The molecule has 1 aliphatic rings. The lowest BCUT2D eigenvalue weighted by atomic mass is 10.3. The molecule has 0 spiro atoms. The van der Waals surface area contributed by atoms with Crippen LogP contribution in [0.4, 0.5) is 0 Å². The van der Waals surface area contributed by atoms with Crippen molar-refractivity contribution < 1.29 is 12.4 Å². The molecular weight excluding hydrogens is 174 g/mol. The van der Waals surface area contributed by atoms with E-state index in [0.717, 1.165) is 5.36 Å². The Morgan fingerprint density at radius 2 is 2.09 bits per heavy atom. The largest absolute Gasteiger partial charge is 1.00 e. The smallest absolute Gasteiger partial charge is 0.272 e. The molecule has 0 fully saturated rings. The van der Waals surface area contributed by atoms with Gasteiger partial charge >= 0.3 is 0 Å². The average Bonchev–Trinajstić information content (AvgIpc) is 2.05. The van der Waals surface area contributed by atoms with Crippen LogP contribution in [0.15, 0.2) is 29.3 Å². The lowest BCUT2D eigenvalue weighted by Crippen LogP contribution is -3.00. The van der Waals surface area contributed by atoms with Crippen LogP contribution in [0.5, 0.6) is 0 Å². The Morgan fingerprint density at radius 3 is 2.91 bits per heavy atom. The minimum Gasteiger partial charge on any atom is -1.00 e. The second-order valence-electron chi connectivity index (χ2n) is 2.13. The summed E-state index contributed by atoms with van der Waals surface area (Å²) in [6.07, 6.45) is 0. The van der Waals surface area contributed by atoms with Gasteiger partial charge in [0.25, 0.3) is 9.13 Å². The molecule has 0 N–H and O–H groups in total. The number of hydrogen-bond donors (Lipinski definition) is 0. The molecule has 0 amide bonds. The molecular formula is C8H6ClNSi. The highest BCUT2D eigenvalue weighted by Gasteiger charge is 1.95. The van der Waals surface area contributed by atoms with Crippen molar-refractivity contribution in [3.8, 4) is 0 Å². The molecule has 0 radical (unpaired) electrons. The molecule has 0 unspecified atom stereocenters. The van der Waals surface area contributed by atoms with Crippen LogP contribution >= 0.6 is 0 Å². The summed E-state index contributed by atoms with van der Waals surface area (Å²) in [4.78, 5) is 4.15. The molecule has 0 aliphatic carbocycles. The quantitative estimate of drug-likeness (QED) is 0.286. The van der Waals surface area contributed by atoms with E-state index < -0.39 is 0 Å². The highest BCUT2D eigenvalue weighted by Crippen LogP contribution is 1.72. The van der Waals surface area contributed by atoms with E-state index in [0.29, 0.717) is 0 Å². The lowest BCUT2D eigenvalue weighted by Gasteiger charge is -1.80. The Balaban J connectivity index is 0.000000605. The van der Waals surface area contributed by atoms with Crippen molar-refractivity contribution in [2.75, 3.05) is 0 Å². The summed E-state index contributed by atoms with van der Waals surface area (Å²) >= 11 is 0. The molecule has 1 aromatic carbocycles. The zero-order valence-corrected chi connectivity index (χ0v) is 7.70. The van der Waals surface area contributed by atoms with Crippen LogP contribution in [-0.4, -0.2) is 14.9 Å². The van der Waals surface area contributed by atoms with Gasteiger partial charge in [0.05, 0.1) is 5.80 Å². The standard InChI is InChI=1S/C8H6NSi.ClH/c1-2-4-8-7(3-1)5-10-6-9-8;/h1-5,10H;1H/q+1;/p-1. The molecule has 0 saturated carbocycles. The van der Waals surface area contributed by atoms with Crippen LogP contribution in [0.25, 0.3) is 5.70 Å². The van der Waals surface area contributed by atoms with E-state index in [2.05, 4.69) is 22.6 Å². The molecule has 3 heteroatoms. The molecule has 0 saturated heterocycles. The average molecular weight is 180 g/mol. The van der Waals surface area contributed by atoms with Gasteiger partial charge in [-0.3, -0.25) is 0 Å². The van der Waals surface area contributed by atoms with Gasteiger partial charge in [-0.05, 0) is 12.1 Å². The fourth-order valence-corrected chi connectivity index (χ4v) is 1.71. The van der Waals surface area contributed by atoms with Crippen LogP contribution in [-0.2, 0) is 0 Å². The normalized spacial score (nSPS) is 11.3. The van der Waals surface area contributed by atoms with Gasteiger partial charge in [-0.1, -0.05) is 11.1 Å². The molecule has 11 heavy (non-hydrogen) atoms. The van der Waals surface area contributed by atoms with E-state index in [1.165, 1.54) is 5.22 Å². The molecule has 0 atom stereocenters. The van der Waals surface area contributed by atoms with Crippen molar-refractivity contribution in [1.29, 1.82) is 0 Å². The first-order valence-corrected chi connectivity index (χ1v) is 4.43. The van der Waals surface area contributed by atoms with Gasteiger partial charge in [-0.25, -0.2) is 0 Å². The maximum absolute atomic E-state index is 4.15. The monoisotopic (exact) mass is 179 g/mol. The van der Waals surface area contributed by atoms with E-state index in [1.54, 1.807) is 0 Å². The molecule has 1 aliphatic heterocycles. The van der Waals surface area contributed by atoms with Gasteiger partial charge in [-0.15, -0.1) is 0 Å². The molecule has 54 valence electrons. The van der Waals surface area contributed by atoms with Crippen LogP contribution in [0.2, 0.25) is 0 Å². The van der Waals surface area contributed by atoms with Gasteiger partial charge in [0.1, 0.15) is 5.22 Å². The third-order valence-electron chi connectivity index (χ3n) is 1.46. The van der Waals surface area contributed by atoms with Gasteiger partial charge in [0.2, 0.25) is 0 Å². The van der Waals surface area contributed by atoms with E-state index in [1.807, 2.05) is 18.2 Å². The van der Waals surface area contributed by atoms with Gasteiger partial charge in [-0.2, -0.15) is 0 Å². The minimum atomic E-state index is 0. The van der Waals surface area contributed by atoms with Crippen molar-refractivity contribution in [2.45, 2.75) is 0 Å². The molecule has 1 heterocycles. The predicted octanol–water partition coefficient (Wildman–Crippen LogP) is -3.86. The first-order valence-electron chi connectivity index (χ1n) is 3.19.